The van der Waals surface area contributed by atoms with Crippen molar-refractivity contribution in [2.24, 2.45) is 4.36 Å². The van der Waals surface area contributed by atoms with Gasteiger partial charge in [0.2, 0.25) is 6.10 Å². The molecule has 0 fully saturated rings. The fourth-order valence-corrected chi connectivity index (χ4v) is 4.24. The van der Waals surface area contributed by atoms with Crippen LogP contribution < -0.4 is 10.1 Å². The molecule has 3 aromatic rings. The minimum atomic E-state index is -4.85. The standard InChI is InChI=1S/C22H24F4N4O3S/c1-3-4-7-34(32)30-15-8-13(2)20-17(10-15)27-12-28-21(20)29-16-6-5-14(23)9-18(16)33-19(11-31)22(24,25)26/h5-6,8-10,12,19,31,34H,3-4,7,11H2,1-2H3,(H,27,28,29)/t19-/m1/s1. The molecule has 0 saturated carbocycles. The molecule has 0 bridgehead atoms. The second kappa shape index (κ2) is 11.0. The number of anilines is 2. The van der Waals surface area contributed by atoms with E-state index in [1.165, 1.54) is 12.4 Å². The van der Waals surface area contributed by atoms with Crippen LogP contribution in [0.2, 0.25) is 0 Å². The van der Waals surface area contributed by atoms with Crippen LogP contribution in [0.5, 0.6) is 5.75 Å². The van der Waals surface area contributed by atoms with Gasteiger partial charge >= 0.3 is 6.18 Å². The molecular weight excluding hydrogens is 476 g/mol. The summed E-state index contributed by atoms with van der Waals surface area (Å²) in [5.74, 6) is -0.528. The number of ether oxygens (including phenoxy) is 1. The smallest absolute Gasteiger partial charge is 0.427 e. The van der Waals surface area contributed by atoms with Crippen molar-refractivity contribution in [1.82, 2.24) is 9.97 Å². The molecule has 0 aliphatic rings. The van der Waals surface area contributed by atoms with Gasteiger partial charge in [-0.25, -0.2) is 18.7 Å². The predicted octanol–water partition coefficient (Wildman–Crippen LogP) is 5.22. The molecule has 1 aromatic heterocycles. The van der Waals surface area contributed by atoms with Crippen molar-refractivity contribution in [2.45, 2.75) is 39.0 Å². The van der Waals surface area contributed by atoms with Gasteiger partial charge < -0.3 is 15.2 Å². The minimum absolute atomic E-state index is 0.0138. The first-order chi connectivity index (χ1) is 16.1. The van der Waals surface area contributed by atoms with Crippen molar-refractivity contribution in [1.29, 1.82) is 0 Å². The molecule has 1 unspecified atom stereocenters. The van der Waals surface area contributed by atoms with Crippen molar-refractivity contribution in [2.75, 3.05) is 17.7 Å². The fraction of sp³-hybridized carbons (Fsp3) is 0.364. The molecule has 3 rings (SSSR count). The number of thiol groups is 1. The van der Waals surface area contributed by atoms with Gasteiger partial charge in [0.05, 0.1) is 23.5 Å². The van der Waals surface area contributed by atoms with E-state index in [0.29, 0.717) is 27.9 Å². The second-order valence-corrected chi connectivity index (χ2v) is 8.86. The summed E-state index contributed by atoms with van der Waals surface area (Å²) in [5.41, 5.74) is 1.67. The topological polar surface area (TPSA) is 96.7 Å². The molecule has 7 nitrogen and oxygen atoms in total. The second-order valence-electron chi connectivity index (χ2n) is 7.50. The number of rotatable bonds is 9. The molecule has 0 amide bonds. The first-order valence-electron chi connectivity index (χ1n) is 10.4. The predicted molar refractivity (Wildman–Crippen MR) is 123 cm³/mol. The van der Waals surface area contributed by atoms with Crippen molar-refractivity contribution in [3.05, 3.63) is 48.0 Å². The van der Waals surface area contributed by atoms with Gasteiger partial charge in [-0.2, -0.15) is 13.2 Å². The number of aryl methyl sites for hydroxylation is 1. The Kier molecular flexibility index (Phi) is 8.26. The van der Waals surface area contributed by atoms with Gasteiger partial charge in [0.1, 0.15) is 23.7 Å². The summed E-state index contributed by atoms with van der Waals surface area (Å²) in [6, 6.07) is 6.40. The monoisotopic (exact) mass is 500 g/mol. The first kappa shape index (κ1) is 25.6. The zero-order chi connectivity index (χ0) is 24.9. The van der Waals surface area contributed by atoms with Crippen LogP contribution in [0.15, 0.2) is 41.0 Å². The van der Waals surface area contributed by atoms with E-state index in [2.05, 4.69) is 19.6 Å². The number of aromatic nitrogens is 2. The maximum absolute atomic E-state index is 13.8. The molecular formula is C22H24F4N4O3S. The normalized spacial score (nSPS) is 13.7. The third kappa shape index (κ3) is 6.32. The van der Waals surface area contributed by atoms with Crippen LogP contribution in [0.4, 0.5) is 34.8 Å². The molecule has 2 atom stereocenters. The van der Waals surface area contributed by atoms with Crippen LogP contribution in [-0.4, -0.2) is 43.9 Å². The molecule has 184 valence electrons. The number of unbranched alkanes of at least 4 members (excludes halogenated alkanes) is 1. The van der Waals surface area contributed by atoms with Crippen LogP contribution in [-0.2, 0) is 10.6 Å². The van der Waals surface area contributed by atoms with Crippen molar-refractivity contribution in [3.8, 4) is 5.75 Å². The van der Waals surface area contributed by atoms with Gasteiger partial charge in [0.25, 0.3) is 0 Å². The summed E-state index contributed by atoms with van der Waals surface area (Å²) in [6.45, 7) is 2.43. The van der Waals surface area contributed by atoms with Crippen molar-refractivity contribution < 1.29 is 31.6 Å². The number of aliphatic hydroxyl groups is 1. The first-order valence-corrected chi connectivity index (χ1v) is 11.8. The Labute approximate surface area is 195 Å². The third-order valence-corrected chi connectivity index (χ3v) is 6.00. The highest BCUT2D eigenvalue weighted by molar-refractivity contribution is 7.75. The molecule has 0 aliphatic heterocycles. The van der Waals surface area contributed by atoms with E-state index in [1.807, 2.05) is 6.92 Å². The minimum Gasteiger partial charge on any atom is -0.476 e. The Bertz CT molecular complexity index is 1250. The number of hydrogen-bond acceptors (Lipinski definition) is 7. The fourth-order valence-electron chi connectivity index (χ4n) is 3.18. The van der Waals surface area contributed by atoms with E-state index in [4.69, 9.17) is 9.84 Å². The third-order valence-electron chi connectivity index (χ3n) is 4.85. The number of benzene rings is 2. The molecule has 2 aromatic carbocycles. The molecule has 34 heavy (non-hydrogen) atoms. The zero-order valence-corrected chi connectivity index (χ0v) is 19.3. The van der Waals surface area contributed by atoms with Gasteiger partial charge in [0, 0.05) is 27.8 Å². The summed E-state index contributed by atoms with van der Waals surface area (Å²) >= 11 is 0. The number of nitrogens with zero attached hydrogens (tertiary/aromatic N) is 3. The van der Waals surface area contributed by atoms with E-state index in [-0.39, 0.29) is 11.5 Å². The Morgan fingerprint density at radius 1 is 1.24 bits per heavy atom. The molecule has 12 heteroatoms. The van der Waals surface area contributed by atoms with E-state index in [1.54, 1.807) is 19.1 Å². The van der Waals surface area contributed by atoms with Crippen LogP contribution in [0.25, 0.3) is 10.9 Å². The van der Waals surface area contributed by atoms with Gasteiger partial charge in [-0.3, -0.25) is 4.21 Å². The number of alkyl halides is 3. The van der Waals surface area contributed by atoms with Crippen LogP contribution in [0.3, 0.4) is 0 Å². The summed E-state index contributed by atoms with van der Waals surface area (Å²) in [4.78, 5) is 8.40. The van der Waals surface area contributed by atoms with Crippen LogP contribution in [0, 0.1) is 12.7 Å². The Balaban J connectivity index is 1.99. The highest BCUT2D eigenvalue weighted by Gasteiger charge is 2.41. The van der Waals surface area contributed by atoms with E-state index < -0.39 is 41.0 Å². The highest BCUT2D eigenvalue weighted by Crippen LogP contribution is 2.35. The maximum Gasteiger partial charge on any atom is 0.427 e. The number of hydrogen-bond donors (Lipinski definition) is 3. The summed E-state index contributed by atoms with van der Waals surface area (Å²) in [5, 5.41) is 12.5. The highest BCUT2D eigenvalue weighted by atomic mass is 32.2. The van der Waals surface area contributed by atoms with Crippen molar-refractivity contribution in [3.63, 3.8) is 0 Å². The van der Waals surface area contributed by atoms with Gasteiger partial charge in [-0.15, -0.1) is 0 Å². The van der Waals surface area contributed by atoms with Crippen molar-refractivity contribution >= 4 is 38.7 Å². The van der Waals surface area contributed by atoms with E-state index in [9.17, 15) is 21.8 Å². The maximum atomic E-state index is 13.8. The Hall–Kier alpha value is -2.99. The molecule has 0 saturated heterocycles. The quantitative estimate of drug-likeness (QED) is 0.275. The van der Waals surface area contributed by atoms with Gasteiger partial charge in [-0.1, -0.05) is 13.3 Å². The van der Waals surface area contributed by atoms with E-state index >= 15 is 0 Å². The number of halogens is 4. The molecule has 0 spiro atoms. The zero-order valence-electron chi connectivity index (χ0n) is 18.4. The summed E-state index contributed by atoms with van der Waals surface area (Å²) in [7, 11) is -1.75. The SMILES string of the molecule is CCCC[SH](=O)=Nc1cc(C)c2c(Nc3ccc(F)cc3O[C@H](CO)C(F)(F)F)ncnc2c1. The summed E-state index contributed by atoms with van der Waals surface area (Å²) in [6.07, 6.45) is -4.42. The average Bonchev–Trinajstić information content (AvgIpc) is 2.76. The lowest BCUT2D eigenvalue weighted by atomic mass is 10.1. The number of aliphatic hydroxyl groups excluding tert-OH is 1. The van der Waals surface area contributed by atoms with Crippen LogP contribution in [0.1, 0.15) is 25.3 Å². The van der Waals surface area contributed by atoms with E-state index in [0.717, 1.165) is 25.0 Å². The van der Waals surface area contributed by atoms with Crippen LogP contribution >= 0.6 is 0 Å². The summed E-state index contributed by atoms with van der Waals surface area (Å²) < 4.78 is 74.3. The molecule has 0 aliphatic carbocycles. The lowest BCUT2D eigenvalue weighted by Gasteiger charge is -2.22. The Morgan fingerprint density at radius 2 is 2.00 bits per heavy atom. The number of fused-ring (bicyclic) bond motifs is 1. The Morgan fingerprint density at radius 3 is 2.68 bits per heavy atom. The molecule has 0 radical (unpaired) electrons. The molecule has 1 heterocycles. The average molecular weight is 501 g/mol. The van der Waals surface area contributed by atoms with Gasteiger partial charge in [-0.05, 0) is 43.2 Å². The number of nitrogens with one attached hydrogen (secondary N) is 1. The lowest BCUT2D eigenvalue weighted by Crippen LogP contribution is -2.37. The molecule has 2 N–H and O–H groups in total. The lowest BCUT2D eigenvalue weighted by molar-refractivity contribution is -0.203. The largest absolute Gasteiger partial charge is 0.476 e. The van der Waals surface area contributed by atoms with Gasteiger partial charge in [0.15, 0.2) is 0 Å².